The van der Waals surface area contributed by atoms with E-state index in [-0.39, 0.29) is 31.0 Å². The fourth-order valence-corrected chi connectivity index (χ4v) is 2.81. The summed E-state index contributed by atoms with van der Waals surface area (Å²) in [6.45, 7) is 1.82. The zero-order valence-electron chi connectivity index (χ0n) is 14.0. The molecule has 0 aliphatic carbocycles. The number of benzene rings is 1. The zero-order chi connectivity index (χ0) is 19.3. The van der Waals surface area contributed by atoms with Crippen LogP contribution in [-0.4, -0.2) is 57.4 Å². The number of nitro benzene ring substituents is 1. The number of amides is 1. The molecule has 1 fully saturated rings. The smallest absolute Gasteiger partial charge is 0.269 e. The highest BCUT2D eigenvalue weighted by molar-refractivity contribution is 7.81. The lowest BCUT2D eigenvalue weighted by atomic mass is 10.1. The van der Waals surface area contributed by atoms with Gasteiger partial charge in [0.25, 0.3) is 5.69 Å². The van der Waals surface area contributed by atoms with Crippen LogP contribution in [0.15, 0.2) is 29.8 Å². The van der Waals surface area contributed by atoms with Crippen LogP contribution >= 0.6 is 12.6 Å². The molecular formula is C16H19N3O6S. The maximum atomic E-state index is 12.4. The number of rotatable bonds is 7. The lowest BCUT2D eigenvalue weighted by molar-refractivity contribution is -0.384. The van der Waals surface area contributed by atoms with Gasteiger partial charge >= 0.3 is 0 Å². The van der Waals surface area contributed by atoms with Crippen molar-refractivity contribution in [2.75, 3.05) is 13.1 Å². The predicted octanol–water partition coefficient (Wildman–Crippen LogP) is 0.264. The Morgan fingerprint density at radius 2 is 2.19 bits per heavy atom. The van der Waals surface area contributed by atoms with Gasteiger partial charge in [0.15, 0.2) is 0 Å². The van der Waals surface area contributed by atoms with Crippen molar-refractivity contribution in [3.05, 3.63) is 45.5 Å². The highest BCUT2D eigenvalue weighted by Gasteiger charge is 2.42. The number of hydroxylamine groups is 2. The van der Waals surface area contributed by atoms with E-state index in [1.807, 2.05) is 0 Å². The lowest BCUT2D eigenvalue weighted by Gasteiger charge is -2.23. The molecule has 140 valence electrons. The molecule has 0 bridgehead atoms. The minimum Gasteiger partial charge on any atom is -0.392 e. The summed E-state index contributed by atoms with van der Waals surface area (Å²) in [7, 11) is 0. The molecule has 9 nitrogen and oxygen atoms in total. The third-order valence-corrected chi connectivity index (χ3v) is 4.22. The van der Waals surface area contributed by atoms with Crippen molar-refractivity contribution in [1.29, 1.82) is 0 Å². The van der Waals surface area contributed by atoms with E-state index < -0.39 is 28.2 Å². The molecule has 1 aromatic carbocycles. The van der Waals surface area contributed by atoms with Gasteiger partial charge in [-0.3, -0.25) is 19.7 Å². The summed E-state index contributed by atoms with van der Waals surface area (Å²) in [6.07, 6.45) is -0.731. The van der Waals surface area contributed by atoms with Crippen LogP contribution in [0.5, 0.6) is 0 Å². The molecular weight excluding hydrogens is 362 g/mol. The number of non-ortho nitro benzene ring substituents is 1. The summed E-state index contributed by atoms with van der Waals surface area (Å²) in [4.78, 5) is 39.4. The van der Waals surface area contributed by atoms with E-state index in [1.54, 1.807) is 18.1 Å². The van der Waals surface area contributed by atoms with Crippen LogP contribution in [0.3, 0.4) is 0 Å². The van der Waals surface area contributed by atoms with Crippen molar-refractivity contribution in [2.24, 2.45) is 0 Å². The molecule has 1 aliphatic heterocycles. The van der Waals surface area contributed by atoms with Gasteiger partial charge in [0.2, 0.25) is 5.91 Å². The van der Waals surface area contributed by atoms with Gasteiger partial charge in [-0.2, -0.15) is 17.7 Å². The average molecular weight is 381 g/mol. The summed E-state index contributed by atoms with van der Waals surface area (Å²) in [5, 5.41) is 23.3. The number of nitro groups is 1. The Balaban J connectivity index is 2.06. The minimum atomic E-state index is -0.994. The monoisotopic (exact) mass is 381 g/mol. The molecule has 1 saturated heterocycles. The third-order valence-electron chi connectivity index (χ3n) is 3.78. The van der Waals surface area contributed by atoms with Crippen LogP contribution in [0.25, 0.3) is 0 Å². The molecule has 0 unspecified atom stereocenters. The maximum Gasteiger partial charge on any atom is 0.269 e. The Labute approximate surface area is 155 Å². The van der Waals surface area contributed by atoms with Crippen LogP contribution in [0.4, 0.5) is 5.69 Å². The highest BCUT2D eigenvalue weighted by atomic mass is 32.1. The second-order valence-electron chi connectivity index (χ2n) is 5.87. The van der Waals surface area contributed by atoms with Crippen LogP contribution in [0.1, 0.15) is 12.5 Å². The average Bonchev–Trinajstić information content (AvgIpc) is 2.93. The van der Waals surface area contributed by atoms with Gasteiger partial charge in [-0.15, -0.1) is 0 Å². The van der Waals surface area contributed by atoms with Crippen molar-refractivity contribution >= 4 is 30.2 Å². The fourth-order valence-electron chi connectivity index (χ4n) is 2.45. The predicted molar refractivity (Wildman–Crippen MR) is 95.1 cm³/mol. The topological polar surface area (TPSA) is 122 Å². The van der Waals surface area contributed by atoms with Crippen LogP contribution in [0.2, 0.25) is 0 Å². The summed E-state index contributed by atoms with van der Waals surface area (Å²) in [5.41, 5.74) is 0.782. The van der Waals surface area contributed by atoms with E-state index in [2.05, 4.69) is 17.9 Å². The molecule has 1 amide bonds. The van der Waals surface area contributed by atoms with Gasteiger partial charge in [-0.05, 0) is 24.6 Å². The number of nitrogens with one attached hydrogen (secondary N) is 1. The van der Waals surface area contributed by atoms with Gasteiger partial charge in [0, 0.05) is 25.2 Å². The number of carbonyl (C=O) groups is 1. The van der Waals surface area contributed by atoms with Crippen molar-refractivity contribution in [1.82, 2.24) is 10.4 Å². The molecule has 0 aromatic heterocycles. The Hall–Kier alpha value is -2.23. The second kappa shape index (κ2) is 8.93. The quantitative estimate of drug-likeness (QED) is 0.268. The van der Waals surface area contributed by atoms with E-state index in [4.69, 9.17) is 4.84 Å². The van der Waals surface area contributed by atoms with Gasteiger partial charge in [0.05, 0.1) is 28.5 Å². The maximum absolute atomic E-state index is 12.4. The van der Waals surface area contributed by atoms with Gasteiger partial charge in [-0.25, -0.2) is 4.79 Å². The van der Waals surface area contributed by atoms with Crippen molar-refractivity contribution < 1.29 is 24.5 Å². The molecule has 1 heterocycles. The summed E-state index contributed by atoms with van der Waals surface area (Å²) < 4.78 is 0. The largest absolute Gasteiger partial charge is 0.392 e. The first-order chi connectivity index (χ1) is 12.3. The van der Waals surface area contributed by atoms with Crippen LogP contribution < -0.4 is 5.32 Å². The molecule has 0 spiro atoms. The summed E-state index contributed by atoms with van der Waals surface area (Å²) in [5.74, 6) is 1.25. The molecule has 2 N–H and O–H groups in total. The zero-order valence-corrected chi connectivity index (χ0v) is 14.9. The normalized spacial score (nSPS) is 21.3. The molecule has 26 heavy (non-hydrogen) atoms. The second-order valence-corrected chi connectivity index (χ2v) is 6.49. The molecule has 3 atom stereocenters. The SMILES string of the molecule is C[C@H](O)CNC(=O)[C@@H]1C(=C=O)[C@H](S)CN1OCc1ccc([N+](=O)[O-])cc1. The molecule has 2 rings (SSSR count). The van der Waals surface area contributed by atoms with Gasteiger partial charge < -0.3 is 10.4 Å². The number of aliphatic hydroxyl groups is 1. The van der Waals surface area contributed by atoms with E-state index in [0.717, 1.165) is 0 Å². The standard InChI is InChI=1S/C16H19N3O6S/c1-10(21)6-17-16(22)15-13(8-20)14(26)7-18(15)25-9-11-2-4-12(5-3-11)19(23)24/h2-5,10,14-15,21,26H,6-7,9H2,1H3,(H,17,22)/t10-,14+,15-/m0/s1. The third kappa shape index (κ3) is 4.90. The van der Waals surface area contributed by atoms with Crippen molar-refractivity contribution in [2.45, 2.75) is 30.9 Å². The van der Waals surface area contributed by atoms with Gasteiger partial charge in [-0.1, -0.05) is 0 Å². The Kier molecular flexibility index (Phi) is 6.90. The van der Waals surface area contributed by atoms with E-state index in [1.165, 1.54) is 24.1 Å². The van der Waals surface area contributed by atoms with Gasteiger partial charge in [0.1, 0.15) is 12.0 Å². The molecule has 0 saturated carbocycles. The van der Waals surface area contributed by atoms with Crippen LogP contribution in [0, 0.1) is 10.1 Å². The fraction of sp³-hybridized carbons (Fsp3) is 0.438. The van der Waals surface area contributed by atoms with Crippen molar-refractivity contribution in [3.63, 3.8) is 0 Å². The first kappa shape index (κ1) is 20.1. The Bertz CT molecular complexity index is 717. The van der Waals surface area contributed by atoms with Crippen molar-refractivity contribution in [3.8, 4) is 0 Å². The number of hydrogen-bond acceptors (Lipinski definition) is 8. The first-order valence-corrected chi connectivity index (χ1v) is 8.36. The number of carbonyl (C=O) groups excluding carboxylic acids is 2. The highest BCUT2D eigenvalue weighted by Crippen LogP contribution is 2.27. The summed E-state index contributed by atoms with van der Waals surface area (Å²) in [6, 6.07) is 4.81. The molecule has 0 radical (unpaired) electrons. The lowest BCUT2D eigenvalue weighted by Crippen LogP contribution is -2.45. The first-order valence-electron chi connectivity index (χ1n) is 7.85. The molecule has 1 aromatic rings. The number of nitrogens with zero attached hydrogens (tertiary/aromatic N) is 2. The van der Waals surface area contributed by atoms with E-state index in [0.29, 0.717) is 5.56 Å². The molecule has 10 heteroatoms. The summed E-state index contributed by atoms with van der Waals surface area (Å²) >= 11 is 4.28. The Morgan fingerprint density at radius 1 is 1.54 bits per heavy atom. The van der Waals surface area contributed by atoms with Crippen LogP contribution in [-0.2, 0) is 21.0 Å². The van der Waals surface area contributed by atoms with E-state index >= 15 is 0 Å². The number of hydrogen-bond donors (Lipinski definition) is 3. The Morgan fingerprint density at radius 3 is 2.73 bits per heavy atom. The number of aliphatic hydroxyl groups excluding tert-OH is 1. The molecule has 1 aliphatic rings. The number of thiol groups is 1. The van der Waals surface area contributed by atoms with E-state index in [9.17, 15) is 24.8 Å². The minimum absolute atomic E-state index is 0.0353.